The van der Waals surface area contributed by atoms with Gasteiger partial charge in [-0.15, -0.1) is 0 Å². The van der Waals surface area contributed by atoms with Crippen LogP contribution >= 0.6 is 0 Å². The van der Waals surface area contributed by atoms with Crippen molar-refractivity contribution in [3.8, 4) is 0 Å². The van der Waals surface area contributed by atoms with E-state index in [0.717, 1.165) is 12.8 Å². The Morgan fingerprint density at radius 1 is 1.08 bits per heavy atom. The van der Waals surface area contributed by atoms with Crippen molar-refractivity contribution in [2.24, 2.45) is 16.6 Å². The molecular formula is C17H29N3O4. The van der Waals surface area contributed by atoms with Crippen LogP contribution in [0.2, 0.25) is 0 Å². The van der Waals surface area contributed by atoms with Gasteiger partial charge in [0.1, 0.15) is 5.54 Å². The fraction of sp³-hybridized carbons (Fsp3) is 0.824. The van der Waals surface area contributed by atoms with Gasteiger partial charge in [-0.25, -0.2) is 0 Å². The maximum atomic E-state index is 12.8. The molecule has 0 bridgehead atoms. The molecule has 0 saturated heterocycles. The summed E-state index contributed by atoms with van der Waals surface area (Å²) in [4.78, 5) is 35.5. The highest BCUT2D eigenvalue weighted by Crippen LogP contribution is 2.49. The summed E-state index contributed by atoms with van der Waals surface area (Å²) < 4.78 is 0. The second-order valence-electron chi connectivity index (χ2n) is 8.66. The minimum Gasteiger partial charge on any atom is -0.481 e. The van der Waals surface area contributed by atoms with Gasteiger partial charge in [0.05, 0.1) is 12.5 Å². The number of carbonyl (C=O) groups is 3. The summed E-state index contributed by atoms with van der Waals surface area (Å²) >= 11 is 0. The molecule has 0 aliphatic heterocycles. The number of hydrogen-bond donors (Lipinski definition) is 4. The van der Waals surface area contributed by atoms with E-state index in [1.807, 2.05) is 0 Å². The predicted octanol–water partition coefficient (Wildman–Crippen LogP) is 0.768. The zero-order chi connectivity index (χ0) is 18.3. The summed E-state index contributed by atoms with van der Waals surface area (Å²) in [5.74, 6) is -1.91. The van der Waals surface area contributed by atoms with Crippen LogP contribution in [-0.2, 0) is 14.4 Å². The molecule has 136 valence electrons. The molecule has 0 unspecified atom stereocenters. The van der Waals surface area contributed by atoms with Crippen LogP contribution < -0.4 is 16.4 Å². The molecule has 0 aromatic heterocycles. The standard InChI is InChI=1S/C17H29N3O4/c1-15(2)5-6-16(3,4)13(15)19-14(24)17(7-8-17)20-12(23)10(18)9-11(21)22/h10,13H,5-9,18H2,1-4H3,(H,19,24)(H,20,23)(H,21,22)/t10-/m0/s1. The van der Waals surface area contributed by atoms with Crippen LogP contribution in [0, 0.1) is 10.8 Å². The fourth-order valence-electron chi connectivity index (χ4n) is 3.79. The first-order valence-electron chi connectivity index (χ1n) is 8.50. The van der Waals surface area contributed by atoms with Gasteiger partial charge in [-0.2, -0.15) is 0 Å². The molecule has 2 rings (SSSR count). The number of carboxylic acids is 1. The van der Waals surface area contributed by atoms with Crippen molar-refractivity contribution in [2.75, 3.05) is 0 Å². The average Bonchev–Trinajstić information content (AvgIpc) is 3.18. The summed E-state index contributed by atoms with van der Waals surface area (Å²) in [5.41, 5.74) is 4.65. The summed E-state index contributed by atoms with van der Waals surface area (Å²) in [6.45, 7) is 8.59. The molecule has 2 saturated carbocycles. The molecule has 0 spiro atoms. The Labute approximate surface area is 142 Å². The van der Waals surface area contributed by atoms with E-state index in [0.29, 0.717) is 12.8 Å². The number of hydrogen-bond acceptors (Lipinski definition) is 4. The van der Waals surface area contributed by atoms with Gasteiger partial charge in [0.2, 0.25) is 11.8 Å². The van der Waals surface area contributed by atoms with Crippen LogP contribution in [-0.4, -0.2) is 40.5 Å². The lowest BCUT2D eigenvalue weighted by molar-refractivity contribution is -0.140. The molecule has 1 atom stereocenters. The molecule has 2 aliphatic rings. The first-order valence-corrected chi connectivity index (χ1v) is 8.50. The smallest absolute Gasteiger partial charge is 0.305 e. The maximum Gasteiger partial charge on any atom is 0.305 e. The second-order valence-corrected chi connectivity index (χ2v) is 8.66. The van der Waals surface area contributed by atoms with Gasteiger partial charge in [0, 0.05) is 6.04 Å². The third kappa shape index (κ3) is 3.71. The lowest BCUT2D eigenvalue weighted by Crippen LogP contribution is -2.58. The summed E-state index contributed by atoms with van der Waals surface area (Å²) in [6, 6.07) is -1.12. The minimum absolute atomic E-state index is 0.00103. The lowest BCUT2D eigenvalue weighted by atomic mass is 9.78. The second kappa shape index (κ2) is 6.02. The Balaban J connectivity index is 2.01. The van der Waals surface area contributed by atoms with Gasteiger partial charge in [0.25, 0.3) is 0 Å². The van der Waals surface area contributed by atoms with Gasteiger partial charge in [0.15, 0.2) is 0 Å². The number of rotatable bonds is 6. The van der Waals surface area contributed by atoms with E-state index in [2.05, 4.69) is 38.3 Å². The Bertz CT molecular complexity index is 536. The normalized spacial score (nSPS) is 24.9. The van der Waals surface area contributed by atoms with Crippen molar-refractivity contribution in [3.05, 3.63) is 0 Å². The SMILES string of the molecule is CC1(C)CCC(C)(C)C1NC(=O)C1(NC(=O)[C@@H](N)CC(=O)O)CC1. The number of nitrogens with two attached hydrogens (primary N) is 1. The zero-order valence-electron chi connectivity index (χ0n) is 14.9. The Kier molecular flexibility index (Phi) is 4.69. The van der Waals surface area contributed by atoms with Crippen LogP contribution in [0.4, 0.5) is 0 Å². The Morgan fingerprint density at radius 3 is 2.00 bits per heavy atom. The van der Waals surface area contributed by atoms with Crippen molar-refractivity contribution < 1.29 is 19.5 Å². The van der Waals surface area contributed by atoms with Crippen LogP contribution in [0.15, 0.2) is 0 Å². The third-order valence-electron chi connectivity index (χ3n) is 5.53. The third-order valence-corrected chi connectivity index (χ3v) is 5.53. The summed E-state index contributed by atoms with van der Waals surface area (Å²) in [6.07, 6.45) is 2.73. The number of carboxylic acid groups (broad SMARTS) is 1. The van der Waals surface area contributed by atoms with E-state index < -0.39 is 29.9 Å². The molecule has 0 aromatic rings. The van der Waals surface area contributed by atoms with Crippen molar-refractivity contribution in [2.45, 2.75) is 77.4 Å². The van der Waals surface area contributed by atoms with Gasteiger partial charge in [-0.3, -0.25) is 14.4 Å². The fourth-order valence-corrected chi connectivity index (χ4v) is 3.79. The van der Waals surface area contributed by atoms with E-state index in [-0.39, 0.29) is 22.8 Å². The van der Waals surface area contributed by atoms with Crippen molar-refractivity contribution in [1.29, 1.82) is 0 Å². The van der Waals surface area contributed by atoms with Crippen LogP contribution in [0.1, 0.15) is 59.8 Å². The largest absolute Gasteiger partial charge is 0.481 e. The van der Waals surface area contributed by atoms with Crippen LogP contribution in [0.25, 0.3) is 0 Å². The van der Waals surface area contributed by atoms with Gasteiger partial charge in [-0.1, -0.05) is 27.7 Å². The molecule has 2 fully saturated rings. The molecule has 0 radical (unpaired) electrons. The van der Waals surface area contributed by atoms with Gasteiger partial charge in [-0.05, 0) is 36.5 Å². The quantitative estimate of drug-likeness (QED) is 0.569. The number of amides is 2. The highest BCUT2D eigenvalue weighted by Gasteiger charge is 2.55. The minimum atomic E-state index is -1.15. The molecule has 5 N–H and O–H groups in total. The van der Waals surface area contributed by atoms with Crippen molar-refractivity contribution >= 4 is 17.8 Å². The van der Waals surface area contributed by atoms with E-state index in [1.165, 1.54) is 0 Å². The van der Waals surface area contributed by atoms with E-state index >= 15 is 0 Å². The highest BCUT2D eigenvalue weighted by molar-refractivity contribution is 5.96. The molecule has 7 nitrogen and oxygen atoms in total. The number of aliphatic carboxylic acids is 1. The van der Waals surface area contributed by atoms with Crippen LogP contribution in [0.5, 0.6) is 0 Å². The molecule has 0 heterocycles. The highest BCUT2D eigenvalue weighted by atomic mass is 16.4. The molecule has 2 aliphatic carbocycles. The Morgan fingerprint density at radius 2 is 1.58 bits per heavy atom. The van der Waals surface area contributed by atoms with Gasteiger partial charge < -0.3 is 21.5 Å². The first-order chi connectivity index (χ1) is 10.9. The van der Waals surface area contributed by atoms with Crippen molar-refractivity contribution in [1.82, 2.24) is 10.6 Å². The number of nitrogens with one attached hydrogen (secondary N) is 2. The summed E-state index contributed by atoms with van der Waals surface area (Å²) in [7, 11) is 0. The van der Waals surface area contributed by atoms with E-state index in [1.54, 1.807) is 0 Å². The molecule has 2 amide bonds. The molecule has 7 heteroatoms. The molecular weight excluding hydrogens is 310 g/mol. The van der Waals surface area contributed by atoms with E-state index in [9.17, 15) is 14.4 Å². The molecule has 24 heavy (non-hydrogen) atoms. The number of carbonyl (C=O) groups excluding carboxylic acids is 2. The topological polar surface area (TPSA) is 122 Å². The first kappa shape index (κ1) is 18.7. The van der Waals surface area contributed by atoms with Gasteiger partial charge >= 0.3 is 5.97 Å². The van der Waals surface area contributed by atoms with E-state index in [4.69, 9.17) is 10.8 Å². The monoisotopic (exact) mass is 339 g/mol. The van der Waals surface area contributed by atoms with Crippen LogP contribution in [0.3, 0.4) is 0 Å². The Hall–Kier alpha value is -1.63. The summed E-state index contributed by atoms with van der Waals surface area (Å²) in [5, 5.41) is 14.5. The zero-order valence-corrected chi connectivity index (χ0v) is 14.9. The predicted molar refractivity (Wildman–Crippen MR) is 89.1 cm³/mol. The maximum absolute atomic E-state index is 12.8. The average molecular weight is 339 g/mol. The molecule has 0 aromatic carbocycles. The van der Waals surface area contributed by atoms with Crippen molar-refractivity contribution in [3.63, 3.8) is 0 Å². The lowest BCUT2D eigenvalue weighted by Gasteiger charge is -2.37.